The maximum atomic E-state index is 13.5. The first-order chi connectivity index (χ1) is 7.71. The monoisotopic (exact) mass is 254 g/mol. The number of carbonyl (C=O) groups is 1. The van der Waals surface area contributed by atoms with E-state index in [2.05, 4.69) is 19.6 Å². The molecule has 1 rings (SSSR count). The van der Waals surface area contributed by atoms with Gasteiger partial charge in [0.1, 0.15) is 5.82 Å². The maximum Gasteiger partial charge on any atom is 0.341 e. The van der Waals surface area contributed by atoms with Crippen molar-refractivity contribution in [3.63, 3.8) is 0 Å². The first-order valence-electron chi connectivity index (χ1n) is 5.69. The molecular formula is C13H19FO2Si. The van der Waals surface area contributed by atoms with Gasteiger partial charge in [0.2, 0.25) is 0 Å². The van der Waals surface area contributed by atoms with Gasteiger partial charge < -0.3 is 4.74 Å². The van der Waals surface area contributed by atoms with Gasteiger partial charge in [-0.25, -0.2) is 9.18 Å². The molecule has 0 saturated heterocycles. The van der Waals surface area contributed by atoms with Gasteiger partial charge in [0.15, 0.2) is 0 Å². The van der Waals surface area contributed by atoms with E-state index in [0.717, 1.165) is 5.56 Å². The molecule has 0 saturated carbocycles. The van der Waals surface area contributed by atoms with Crippen LogP contribution in [-0.2, 0) is 4.74 Å². The zero-order valence-electron chi connectivity index (χ0n) is 11.0. The van der Waals surface area contributed by atoms with Crippen molar-refractivity contribution in [1.82, 2.24) is 0 Å². The lowest BCUT2D eigenvalue weighted by Crippen LogP contribution is -2.39. The molecule has 0 aliphatic heterocycles. The predicted molar refractivity (Wildman–Crippen MR) is 69.4 cm³/mol. The van der Waals surface area contributed by atoms with Gasteiger partial charge in [-0.1, -0.05) is 31.3 Å². The van der Waals surface area contributed by atoms with Crippen LogP contribution in [-0.4, -0.2) is 19.8 Å². The van der Waals surface area contributed by atoms with Crippen LogP contribution in [0.5, 0.6) is 0 Å². The topological polar surface area (TPSA) is 26.3 Å². The Morgan fingerprint density at radius 1 is 1.35 bits per heavy atom. The molecule has 1 unspecified atom stereocenters. The third kappa shape index (κ3) is 3.66. The number of halogens is 1. The number of aryl methyl sites for hydroxylation is 1. The standard InChI is InChI=1S/C13H19FO2Si/c1-9-6-7-12(14)11(8-9)13(15)16-10(2)17(3,4)5/h6-8,10H,1-5H3. The Morgan fingerprint density at radius 2 is 1.94 bits per heavy atom. The van der Waals surface area contributed by atoms with Crippen molar-refractivity contribution in [2.75, 3.05) is 0 Å². The fraction of sp³-hybridized carbons (Fsp3) is 0.462. The Labute approximate surface area is 103 Å². The molecule has 0 bridgehead atoms. The molecular weight excluding hydrogens is 235 g/mol. The Balaban J connectivity index is 2.87. The fourth-order valence-electron chi connectivity index (χ4n) is 1.20. The summed E-state index contributed by atoms with van der Waals surface area (Å²) in [5.74, 6) is -1.09. The van der Waals surface area contributed by atoms with Crippen molar-refractivity contribution < 1.29 is 13.9 Å². The molecule has 0 aliphatic rings. The lowest BCUT2D eigenvalue weighted by Gasteiger charge is -2.25. The van der Waals surface area contributed by atoms with Crippen molar-refractivity contribution in [1.29, 1.82) is 0 Å². The van der Waals surface area contributed by atoms with E-state index < -0.39 is 19.9 Å². The van der Waals surface area contributed by atoms with E-state index in [0.29, 0.717) is 0 Å². The summed E-state index contributed by atoms with van der Waals surface area (Å²) < 4.78 is 18.8. The Hall–Kier alpha value is -1.16. The van der Waals surface area contributed by atoms with Gasteiger partial charge in [0.05, 0.1) is 19.4 Å². The molecule has 0 radical (unpaired) electrons. The second-order valence-electron chi connectivity index (χ2n) is 5.40. The van der Waals surface area contributed by atoms with Crippen molar-refractivity contribution in [2.24, 2.45) is 0 Å². The summed E-state index contributed by atoms with van der Waals surface area (Å²) in [5, 5.41) is 0. The highest BCUT2D eigenvalue weighted by molar-refractivity contribution is 6.77. The molecule has 94 valence electrons. The van der Waals surface area contributed by atoms with Crippen molar-refractivity contribution in [2.45, 2.75) is 39.2 Å². The summed E-state index contributed by atoms with van der Waals surface area (Å²) in [7, 11) is -1.55. The molecule has 0 fully saturated rings. The second kappa shape index (κ2) is 5.00. The molecule has 17 heavy (non-hydrogen) atoms. The van der Waals surface area contributed by atoms with Crippen LogP contribution in [0, 0.1) is 12.7 Å². The highest BCUT2D eigenvalue weighted by atomic mass is 28.3. The quantitative estimate of drug-likeness (QED) is 0.609. The summed E-state index contributed by atoms with van der Waals surface area (Å²) >= 11 is 0. The summed E-state index contributed by atoms with van der Waals surface area (Å²) in [4.78, 5) is 11.8. The first kappa shape index (κ1) is 13.9. The summed E-state index contributed by atoms with van der Waals surface area (Å²) in [5.41, 5.74) is 0.740. The number of rotatable bonds is 3. The van der Waals surface area contributed by atoms with E-state index in [4.69, 9.17) is 4.74 Å². The minimum absolute atomic E-state index is 0.0232. The highest BCUT2D eigenvalue weighted by Gasteiger charge is 2.27. The van der Waals surface area contributed by atoms with Crippen LogP contribution in [0.4, 0.5) is 4.39 Å². The molecule has 0 aromatic heterocycles. The van der Waals surface area contributed by atoms with Crippen LogP contribution >= 0.6 is 0 Å². The van der Waals surface area contributed by atoms with Crippen LogP contribution in [0.25, 0.3) is 0 Å². The van der Waals surface area contributed by atoms with Gasteiger partial charge in [0, 0.05) is 0 Å². The normalized spacial score (nSPS) is 13.3. The lowest BCUT2D eigenvalue weighted by atomic mass is 10.1. The minimum atomic E-state index is -1.55. The van der Waals surface area contributed by atoms with Crippen molar-refractivity contribution >= 4 is 14.0 Å². The molecule has 0 amide bonds. The third-order valence-electron chi connectivity index (χ3n) is 2.85. The highest BCUT2D eigenvalue weighted by Crippen LogP contribution is 2.16. The van der Waals surface area contributed by atoms with Gasteiger partial charge in [-0.3, -0.25) is 0 Å². The number of ether oxygens (including phenoxy) is 1. The van der Waals surface area contributed by atoms with Crippen LogP contribution < -0.4 is 0 Å². The molecule has 0 aliphatic carbocycles. The lowest BCUT2D eigenvalue weighted by molar-refractivity contribution is 0.0450. The smallest absolute Gasteiger partial charge is 0.341 e. The van der Waals surface area contributed by atoms with E-state index in [9.17, 15) is 9.18 Å². The zero-order valence-corrected chi connectivity index (χ0v) is 12.0. The Kier molecular flexibility index (Phi) is 4.09. The minimum Gasteiger partial charge on any atom is -0.463 e. The molecule has 1 atom stereocenters. The number of esters is 1. The number of hydrogen-bond donors (Lipinski definition) is 0. The average Bonchev–Trinajstić information content (AvgIpc) is 2.20. The van der Waals surface area contributed by atoms with E-state index in [1.165, 1.54) is 12.1 Å². The van der Waals surface area contributed by atoms with Crippen LogP contribution in [0.15, 0.2) is 18.2 Å². The molecule has 0 N–H and O–H groups in total. The Bertz CT molecular complexity index is 424. The molecule has 4 heteroatoms. The van der Waals surface area contributed by atoms with E-state index in [1.807, 2.05) is 13.8 Å². The largest absolute Gasteiger partial charge is 0.463 e. The molecule has 0 spiro atoms. The second-order valence-corrected chi connectivity index (χ2v) is 10.9. The molecule has 1 aromatic rings. The summed E-state index contributed by atoms with van der Waals surface area (Å²) in [6.07, 6.45) is 0. The van der Waals surface area contributed by atoms with E-state index in [-0.39, 0.29) is 11.3 Å². The van der Waals surface area contributed by atoms with Gasteiger partial charge in [0.25, 0.3) is 0 Å². The summed E-state index contributed by atoms with van der Waals surface area (Å²) in [6.45, 7) is 10.0. The predicted octanol–water partition coefficient (Wildman–Crippen LogP) is 3.56. The average molecular weight is 254 g/mol. The SMILES string of the molecule is Cc1ccc(F)c(C(=O)OC(C)[Si](C)(C)C)c1. The number of hydrogen-bond acceptors (Lipinski definition) is 2. The van der Waals surface area contributed by atoms with Crippen LogP contribution in [0.2, 0.25) is 19.6 Å². The van der Waals surface area contributed by atoms with Gasteiger partial charge in [-0.05, 0) is 26.0 Å². The molecule has 0 heterocycles. The third-order valence-corrected chi connectivity index (χ3v) is 5.40. The first-order valence-corrected chi connectivity index (χ1v) is 9.26. The van der Waals surface area contributed by atoms with Gasteiger partial charge in [-0.2, -0.15) is 0 Å². The molecule has 2 nitrogen and oxygen atoms in total. The number of benzene rings is 1. The maximum absolute atomic E-state index is 13.5. The summed E-state index contributed by atoms with van der Waals surface area (Å²) in [6, 6.07) is 4.45. The van der Waals surface area contributed by atoms with Crippen molar-refractivity contribution in [3.05, 3.63) is 35.1 Å². The number of carbonyl (C=O) groups excluding carboxylic acids is 1. The Morgan fingerprint density at radius 3 is 2.47 bits per heavy atom. The van der Waals surface area contributed by atoms with Crippen LogP contribution in [0.1, 0.15) is 22.8 Å². The van der Waals surface area contributed by atoms with E-state index in [1.54, 1.807) is 6.07 Å². The van der Waals surface area contributed by atoms with Gasteiger partial charge >= 0.3 is 5.97 Å². The van der Waals surface area contributed by atoms with Crippen molar-refractivity contribution in [3.8, 4) is 0 Å². The van der Waals surface area contributed by atoms with Gasteiger partial charge in [-0.15, -0.1) is 0 Å². The van der Waals surface area contributed by atoms with Crippen LogP contribution in [0.3, 0.4) is 0 Å². The van der Waals surface area contributed by atoms with E-state index >= 15 is 0 Å². The fourth-order valence-corrected chi connectivity index (χ4v) is 1.66. The molecule has 1 aromatic carbocycles. The zero-order chi connectivity index (χ0) is 13.2.